The van der Waals surface area contributed by atoms with Gasteiger partial charge in [-0.05, 0) is 30.4 Å². The fraction of sp³-hybridized carbons (Fsp3) is 0.438. The van der Waals surface area contributed by atoms with Crippen molar-refractivity contribution in [1.82, 2.24) is 0 Å². The van der Waals surface area contributed by atoms with Crippen molar-refractivity contribution in [3.63, 3.8) is 0 Å². The predicted octanol–water partition coefficient (Wildman–Crippen LogP) is -0.178. The van der Waals surface area contributed by atoms with E-state index in [0.717, 1.165) is 11.3 Å². The SMILES string of the molecule is CSCC[C@H](N)C(=O)O.NCC(=O)O.N[C@@H](Cc1ccccc1)C(=O)O. The lowest BCUT2D eigenvalue weighted by Crippen LogP contribution is -2.32. The molecule has 0 spiro atoms. The first-order chi connectivity index (χ1) is 12.1. The Morgan fingerprint density at radius 3 is 1.81 bits per heavy atom. The van der Waals surface area contributed by atoms with Crippen molar-refractivity contribution in [2.75, 3.05) is 18.6 Å². The topological polar surface area (TPSA) is 190 Å². The molecule has 9 nitrogen and oxygen atoms in total. The van der Waals surface area contributed by atoms with Gasteiger partial charge in [-0.2, -0.15) is 11.8 Å². The van der Waals surface area contributed by atoms with E-state index in [0.29, 0.717) is 12.8 Å². The average Bonchev–Trinajstić information content (AvgIpc) is 2.61. The molecule has 0 amide bonds. The molecule has 0 aliphatic rings. The summed E-state index contributed by atoms with van der Waals surface area (Å²) in [5.74, 6) is -2.03. The van der Waals surface area contributed by atoms with Gasteiger partial charge in [-0.3, -0.25) is 14.4 Å². The number of hydrogen-bond donors (Lipinski definition) is 6. The number of nitrogens with two attached hydrogens (primary N) is 3. The van der Waals surface area contributed by atoms with E-state index in [1.54, 1.807) is 11.8 Å². The van der Waals surface area contributed by atoms with E-state index >= 15 is 0 Å². The third-order valence-electron chi connectivity index (χ3n) is 2.74. The van der Waals surface area contributed by atoms with Crippen LogP contribution in [-0.4, -0.2) is 63.9 Å². The molecule has 2 atom stereocenters. The standard InChI is InChI=1S/C9H11NO2.C5H11NO2S.C2H5NO2/c10-8(9(11)12)6-7-4-2-1-3-5-7;1-9-3-2-4(6)5(7)8;3-1-2(4)5/h1-5,8H,6,10H2,(H,11,12);4H,2-3,6H2,1H3,(H,7,8);1,3H2,(H,4,5)/t8-;4-;/m00./s1. The Labute approximate surface area is 156 Å². The third kappa shape index (κ3) is 16.7. The van der Waals surface area contributed by atoms with E-state index in [2.05, 4.69) is 5.73 Å². The van der Waals surface area contributed by atoms with Crippen LogP contribution in [0.2, 0.25) is 0 Å². The fourth-order valence-corrected chi connectivity index (χ4v) is 1.81. The monoisotopic (exact) mass is 389 g/mol. The molecule has 0 aromatic heterocycles. The molecule has 0 saturated heterocycles. The number of hydrogen-bond acceptors (Lipinski definition) is 7. The van der Waals surface area contributed by atoms with Crippen LogP contribution >= 0.6 is 11.8 Å². The summed E-state index contributed by atoms with van der Waals surface area (Å²) in [6.07, 6.45) is 2.86. The second-order valence-electron chi connectivity index (χ2n) is 4.96. The maximum absolute atomic E-state index is 10.4. The lowest BCUT2D eigenvalue weighted by Gasteiger charge is -2.04. The van der Waals surface area contributed by atoms with Gasteiger partial charge in [0.1, 0.15) is 12.1 Å². The fourth-order valence-electron chi connectivity index (χ4n) is 1.32. The van der Waals surface area contributed by atoms with Crippen molar-refractivity contribution in [3.8, 4) is 0 Å². The molecule has 9 N–H and O–H groups in total. The highest BCUT2D eigenvalue weighted by Crippen LogP contribution is 2.01. The number of rotatable bonds is 8. The highest BCUT2D eigenvalue weighted by molar-refractivity contribution is 7.98. The Morgan fingerprint density at radius 2 is 1.46 bits per heavy atom. The second kappa shape index (κ2) is 16.3. The minimum atomic E-state index is -0.968. The van der Waals surface area contributed by atoms with Gasteiger partial charge in [0.05, 0.1) is 6.54 Å². The van der Waals surface area contributed by atoms with Crippen LogP contribution in [0, 0.1) is 0 Å². The summed E-state index contributed by atoms with van der Waals surface area (Å²) in [7, 11) is 0. The molecule has 0 fully saturated rings. The number of aliphatic carboxylic acids is 3. The first-order valence-corrected chi connectivity index (χ1v) is 8.96. The van der Waals surface area contributed by atoms with E-state index in [4.69, 9.17) is 26.8 Å². The van der Waals surface area contributed by atoms with Gasteiger partial charge in [0.15, 0.2) is 0 Å². The molecule has 0 radical (unpaired) electrons. The van der Waals surface area contributed by atoms with E-state index in [9.17, 15) is 14.4 Å². The molecule has 1 aromatic rings. The Balaban J connectivity index is 0. The first kappa shape index (κ1) is 26.1. The lowest BCUT2D eigenvalue weighted by molar-refractivity contribution is -0.139. The predicted molar refractivity (Wildman–Crippen MR) is 101 cm³/mol. The van der Waals surface area contributed by atoms with Crippen LogP contribution in [0.5, 0.6) is 0 Å². The van der Waals surface area contributed by atoms with Crippen LogP contribution in [0.25, 0.3) is 0 Å². The molecule has 26 heavy (non-hydrogen) atoms. The number of carbonyl (C=O) groups is 3. The molecule has 0 unspecified atom stereocenters. The maximum atomic E-state index is 10.4. The van der Waals surface area contributed by atoms with E-state index in [-0.39, 0.29) is 6.54 Å². The van der Waals surface area contributed by atoms with Gasteiger partial charge >= 0.3 is 17.9 Å². The van der Waals surface area contributed by atoms with Gasteiger partial charge in [0.25, 0.3) is 0 Å². The molecule has 0 aliphatic carbocycles. The van der Waals surface area contributed by atoms with Crippen molar-refractivity contribution < 1.29 is 29.7 Å². The van der Waals surface area contributed by atoms with Gasteiger partial charge in [0.2, 0.25) is 0 Å². The Hall–Kier alpha value is -2.14. The number of thioether (sulfide) groups is 1. The molecular formula is C16H27N3O6S. The smallest absolute Gasteiger partial charge is 0.320 e. The molecule has 0 aliphatic heterocycles. The molecule has 148 valence electrons. The second-order valence-corrected chi connectivity index (χ2v) is 5.94. The lowest BCUT2D eigenvalue weighted by atomic mass is 10.1. The molecule has 0 saturated carbocycles. The number of benzene rings is 1. The highest BCUT2D eigenvalue weighted by atomic mass is 32.2. The molecule has 1 aromatic carbocycles. The normalized spacial score (nSPS) is 11.7. The largest absolute Gasteiger partial charge is 0.480 e. The van der Waals surface area contributed by atoms with Gasteiger partial charge in [-0.15, -0.1) is 0 Å². The van der Waals surface area contributed by atoms with E-state index in [1.165, 1.54) is 0 Å². The summed E-state index contributed by atoms with van der Waals surface area (Å²) in [5.41, 5.74) is 16.1. The Bertz CT molecular complexity index is 530. The molecule has 0 heterocycles. The van der Waals surface area contributed by atoms with Gasteiger partial charge in [-0.25, -0.2) is 0 Å². The van der Waals surface area contributed by atoms with Crippen LogP contribution in [0.15, 0.2) is 30.3 Å². The van der Waals surface area contributed by atoms with Crippen LogP contribution in [0.1, 0.15) is 12.0 Å². The van der Waals surface area contributed by atoms with E-state index in [1.807, 2.05) is 36.6 Å². The molecule has 10 heteroatoms. The van der Waals surface area contributed by atoms with Gasteiger partial charge in [0, 0.05) is 0 Å². The van der Waals surface area contributed by atoms with Crippen LogP contribution < -0.4 is 17.2 Å². The maximum Gasteiger partial charge on any atom is 0.320 e. The number of carboxylic acid groups (broad SMARTS) is 3. The summed E-state index contributed by atoms with van der Waals surface area (Å²) in [6.45, 7) is -0.278. The number of carboxylic acids is 3. The molecule has 0 bridgehead atoms. The quantitative estimate of drug-likeness (QED) is 0.348. The zero-order valence-corrected chi connectivity index (χ0v) is 15.4. The average molecular weight is 389 g/mol. The zero-order chi connectivity index (χ0) is 20.5. The minimum absolute atomic E-state index is 0.278. The zero-order valence-electron chi connectivity index (χ0n) is 14.6. The first-order valence-electron chi connectivity index (χ1n) is 7.57. The van der Waals surface area contributed by atoms with Crippen molar-refractivity contribution in [2.45, 2.75) is 24.9 Å². The summed E-state index contributed by atoms with van der Waals surface area (Å²) in [6, 6.07) is 7.86. The van der Waals surface area contributed by atoms with Crippen LogP contribution in [-0.2, 0) is 20.8 Å². The van der Waals surface area contributed by atoms with Crippen LogP contribution in [0.3, 0.4) is 0 Å². The molecule has 1 rings (SSSR count). The molecular weight excluding hydrogens is 362 g/mol. The van der Waals surface area contributed by atoms with Gasteiger partial charge in [-0.1, -0.05) is 30.3 Å². The third-order valence-corrected chi connectivity index (χ3v) is 3.38. The van der Waals surface area contributed by atoms with E-state index < -0.39 is 30.0 Å². The summed E-state index contributed by atoms with van der Waals surface area (Å²) in [5, 5.41) is 24.4. The van der Waals surface area contributed by atoms with Crippen molar-refractivity contribution >= 4 is 29.7 Å². The summed E-state index contributed by atoms with van der Waals surface area (Å²) >= 11 is 1.60. The van der Waals surface area contributed by atoms with Crippen LogP contribution in [0.4, 0.5) is 0 Å². The van der Waals surface area contributed by atoms with Crippen molar-refractivity contribution in [3.05, 3.63) is 35.9 Å². The minimum Gasteiger partial charge on any atom is -0.480 e. The van der Waals surface area contributed by atoms with Gasteiger partial charge < -0.3 is 32.5 Å². The van der Waals surface area contributed by atoms with Crippen molar-refractivity contribution in [1.29, 1.82) is 0 Å². The Kier molecular flexibility index (Phi) is 16.4. The highest BCUT2D eigenvalue weighted by Gasteiger charge is 2.11. The summed E-state index contributed by atoms with van der Waals surface area (Å²) in [4.78, 5) is 29.7. The Morgan fingerprint density at radius 1 is 1.00 bits per heavy atom. The van der Waals surface area contributed by atoms with Crippen molar-refractivity contribution in [2.24, 2.45) is 17.2 Å². The summed E-state index contributed by atoms with van der Waals surface area (Å²) < 4.78 is 0.